The SMILES string of the molecule is CCCCN(CC(N)=O)S(=O)(=O)c1ccc(N)cc1F. The monoisotopic (exact) mass is 303 g/mol. The minimum atomic E-state index is -4.11. The molecule has 1 aromatic carbocycles. The van der Waals surface area contributed by atoms with Gasteiger partial charge in [0.15, 0.2) is 0 Å². The van der Waals surface area contributed by atoms with Crippen LogP contribution in [0.4, 0.5) is 10.1 Å². The number of benzene rings is 1. The van der Waals surface area contributed by atoms with Crippen LogP contribution in [0.1, 0.15) is 19.8 Å². The molecular formula is C12H18FN3O3S. The Labute approximate surface area is 117 Å². The summed E-state index contributed by atoms with van der Waals surface area (Å²) in [4.78, 5) is 10.5. The zero-order valence-electron chi connectivity index (χ0n) is 11.2. The summed E-state index contributed by atoms with van der Waals surface area (Å²) in [5.41, 5.74) is 10.6. The second-order valence-electron chi connectivity index (χ2n) is 4.35. The van der Waals surface area contributed by atoms with Crippen LogP contribution in [0.2, 0.25) is 0 Å². The predicted molar refractivity (Wildman–Crippen MR) is 73.7 cm³/mol. The van der Waals surface area contributed by atoms with Crippen LogP contribution in [0, 0.1) is 5.82 Å². The molecule has 0 aromatic heterocycles. The third-order valence-electron chi connectivity index (χ3n) is 2.67. The van der Waals surface area contributed by atoms with Gasteiger partial charge in [-0.25, -0.2) is 12.8 Å². The lowest BCUT2D eigenvalue weighted by Crippen LogP contribution is -2.39. The Bertz CT molecular complexity index is 590. The highest BCUT2D eigenvalue weighted by Gasteiger charge is 2.28. The van der Waals surface area contributed by atoms with Gasteiger partial charge in [-0.05, 0) is 24.6 Å². The topological polar surface area (TPSA) is 106 Å². The number of rotatable bonds is 7. The van der Waals surface area contributed by atoms with Gasteiger partial charge in [-0.2, -0.15) is 4.31 Å². The molecule has 1 amide bonds. The van der Waals surface area contributed by atoms with Crippen molar-refractivity contribution in [2.24, 2.45) is 5.73 Å². The highest BCUT2D eigenvalue weighted by atomic mass is 32.2. The molecular weight excluding hydrogens is 285 g/mol. The van der Waals surface area contributed by atoms with Gasteiger partial charge in [0, 0.05) is 12.2 Å². The smallest absolute Gasteiger partial charge is 0.246 e. The van der Waals surface area contributed by atoms with Crippen molar-refractivity contribution >= 4 is 21.6 Å². The Morgan fingerprint density at radius 1 is 1.40 bits per heavy atom. The first kappa shape index (κ1) is 16.4. The number of nitrogens with two attached hydrogens (primary N) is 2. The van der Waals surface area contributed by atoms with Crippen molar-refractivity contribution < 1.29 is 17.6 Å². The molecule has 0 spiro atoms. The number of halogens is 1. The van der Waals surface area contributed by atoms with E-state index >= 15 is 0 Å². The van der Waals surface area contributed by atoms with E-state index in [1.807, 2.05) is 6.92 Å². The fourth-order valence-corrected chi connectivity index (χ4v) is 3.15. The molecule has 0 aliphatic carbocycles. The molecule has 0 saturated heterocycles. The van der Waals surface area contributed by atoms with Crippen molar-refractivity contribution in [1.82, 2.24) is 4.31 Å². The number of hydrogen-bond donors (Lipinski definition) is 2. The van der Waals surface area contributed by atoms with Crippen molar-refractivity contribution in [2.45, 2.75) is 24.7 Å². The zero-order valence-corrected chi connectivity index (χ0v) is 12.0. The maximum atomic E-state index is 13.8. The standard InChI is InChI=1S/C12H18FN3O3S/c1-2-3-6-16(8-12(15)17)20(18,19)11-5-4-9(14)7-10(11)13/h4-5,7H,2-3,6,8,14H2,1H3,(H2,15,17). The molecule has 4 N–H and O–H groups in total. The van der Waals surface area contributed by atoms with Gasteiger partial charge < -0.3 is 11.5 Å². The van der Waals surface area contributed by atoms with Gasteiger partial charge in [0.05, 0.1) is 6.54 Å². The lowest BCUT2D eigenvalue weighted by molar-refractivity contribution is -0.118. The summed E-state index contributed by atoms with van der Waals surface area (Å²) in [5, 5.41) is 0. The summed E-state index contributed by atoms with van der Waals surface area (Å²) in [6.45, 7) is 1.50. The van der Waals surface area contributed by atoms with Crippen LogP contribution >= 0.6 is 0 Å². The Morgan fingerprint density at radius 2 is 2.05 bits per heavy atom. The number of anilines is 1. The van der Waals surface area contributed by atoms with E-state index in [0.717, 1.165) is 22.9 Å². The van der Waals surface area contributed by atoms with Crippen LogP contribution in [0.25, 0.3) is 0 Å². The maximum absolute atomic E-state index is 13.8. The average molecular weight is 303 g/mol. The van der Waals surface area contributed by atoms with Gasteiger partial charge in [0.2, 0.25) is 15.9 Å². The van der Waals surface area contributed by atoms with Crippen LogP contribution in [0.15, 0.2) is 23.1 Å². The van der Waals surface area contributed by atoms with E-state index in [9.17, 15) is 17.6 Å². The fraction of sp³-hybridized carbons (Fsp3) is 0.417. The molecule has 0 aliphatic rings. The molecule has 1 rings (SSSR count). The van der Waals surface area contributed by atoms with Crippen LogP contribution in [-0.2, 0) is 14.8 Å². The molecule has 0 radical (unpaired) electrons. The summed E-state index contributed by atoms with van der Waals surface area (Å²) >= 11 is 0. The Balaban J connectivity index is 3.17. The van der Waals surface area contributed by atoms with Gasteiger partial charge in [-0.3, -0.25) is 4.79 Å². The Hall–Kier alpha value is -1.67. The fourth-order valence-electron chi connectivity index (χ4n) is 1.66. The van der Waals surface area contributed by atoms with Gasteiger partial charge in [-0.1, -0.05) is 13.3 Å². The molecule has 0 fully saturated rings. The number of carbonyl (C=O) groups excluding carboxylic acids is 1. The van der Waals surface area contributed by atoms with Crippen LogP contribution in [-0.4, -0.2) is 31.7 Å². The molecule has 1 aromatic rings. The average Bonchev–Trinajstić information content (AvgIpc) is 2.33. The number of nitrogens with zero attached hydrogens (tertiary/aromatic N) is 1. The van der Waals surface area contributed by atoms with E-state index in [2.05, 4.69) is 0 Å². The number of nitrogen functional groups attached to an aromatic ring is 1. The molecule has 0 unspecified atom stereocenters. The highest BCUT2D eigenvalue weighted by molar-refractivity contribution is 7.89. The summed E-state index contributed by atoms with van der Waals surface area (Å²) in [6.07, 6.45) is 1.28. The minimum absolute atomic E-state index is 0.103. The molecule has 8 heteroatoms. The molecule has 6 nitrogen and oxygen atoms in total. The third kappa shape index (κ3) is 3.91. The van der Waals surface area contributed by atoms with E-state index in [0.29, 0.717) is 6.42 Å². The van der Waals surface area contributed by atoms with E-state index in [-0.39, 0.29) is 12.2 Å². The number of sulfonamides is 1. The minimum Gasteiger partial charge on any atom is -0.399 e. The molecule has 20 heavy (non-hydrogen) atoms. The van der Waals surface area contributed by atoms with Crippen molar-refractivity contribution in [1.29, 1.82) is 0 Å². The first-order valence-corrected chi connectivity index (χ1v) is 7.56. The van der Waals surface area contributed by atoms with Crippen molar-refractivity contribution in [3.8, 4) is 0 Å². The van der Waals surface area contributed by atoms with Crippen molar-refractivity contribution in [3.63, 3.8) is 0 Å². The van der Waals surface area contributed by atoms with E-state index < -0.39 is 33.2 Å². The maximum Gasteiger partial charge on any atom is 0.246 e. The third-order valence-corrected chi connectivity index (χ3v) is 4.55. The molecule has 0 atom stereocenters. The van der Waals surface area contributed by atoms with E-state index in [4.69, 9.17) is 11.5 Å². The molecule has 0 aliphatic heterocycles. The summed E-state index contributed by atoms with van der Waals surface area (Å²) in [5.74, 6) is -1.74. The summed E-state index contributed by atoms with van der Waals surface area (Å²) in [7, 11) is -4.11. The highest BCUT2D eigenvalue weighted by Crippen LogP contribution is 2.21. The van der Waals surface area contributed by atoms with Gasteiger partial charge in [0.1, 0.15) is 10.7 Å². The van der Waals surface area contributed by atoms with Crippen LogP contribution in [0.5, 0.6) is 0 Å². The molecule has 0 bridgehead atoms. The van der Waals surface area contributed by atoms with Gasteiger partial charge in [0.25, 0.3) is 0 Å². The summed E-state index contributed by atoms with van der Waals surface area (Å²) in [6, 6.07) is 3.30. The number of amides is 1. The molecule has 112 valence electrons. The largest absolute Gasteiger partial charge is 0.399 e. The Morgan fingerprint density at radius 3 is 2.55 bits per heavy atom. The Kier molecular flexibility index (Phi) is 5.46. The zero-order chi connectivity index (χ0) is 15.3. The number of carbonyl (C=O) groups is 1. The lowest BCUT2D eigenvalue weighted by Gasteiger charge is -2.20. The number of primary amides is 1. The molecule has 0 heterocycles. The second kappa shape index (κ2) is 6.67. The number of hydrogen-bond acceptors (Lipinski definition) is 4. The van der Waals surface area contributed by atoms with Crippen molar-refractivity contribution in [3.05, 3.63) is 24.0 Å². The van der Waals surface area contributed by atoms with Gasteiger partial charge in [-0.15, -0.1) is 0 Å². The van der Waals surface area contributed by atoms with E-state index in [1.54, 1.807) is 0 Å². The van der Waals surface area contributed by atoms with Gasteiger partial charge >= 0.3 is 0 Å². The van der Waals surface area contributed by atoms with Crippen LogP contribution < -0.4 is 11.5 Å². The number of unbranched alkanes of at least 4 members (excludes halogenated alkanes) is 1. The quantitative estimate of drug-likeness (QED) is 0.722. The van der Waals surface area contributed by atoms with Crippen molar-refractivity contribution in [2.75, 3.05) is 18.8 Å². The second-order valence-corrected chi connectivity index (χ2v) is 6.25. The van der Waals surface area contributed by atoms with E-state index in [1.165, 1.54) is 6.07 Å². The first-order chi connectivity index (χ1) is 9.28. The normalized spacial score (nSPS) is 11.8. The summed E-state index contributed by atoms with van der Waals surface area (Å²) < 4.78 is 39.3. The first-order valence-electron chi connectivity index (χ1n) is 6.12. The lowest BCUT2D eigenvalue weighted by atomic mass is 10.3. The molecule has 0 saturated carbocycles. The predicted octanol–water partition coefficient (Wildman–Crippen LogP) is 0.684. The van der Waals surface area contributed by atoms with Crippen LogP contribution in [0.3, 0.4) is 0 Å².